The molecule has 0 N–H and O–H groups in total. The van der Waals surface area contributed by atoms with Crippen LogP contribution >= 0.6 is 0 Å². The summed E-state index contributed by atoms with van der Waals surface area (Å²) >= 11 is 0. The molecule has 4 rings (SSSR count). The Morgan fingerprint density at radius 3 is 1.37 bits per heavy atom. The highest BCUT2D eigenvalue weighted by Gasteiger charge is 2.40. The Labute approximate surface area is 268 Å². The lowest BCUT2D eigenvalue weighted by Crippen LogP contribution is -2.31. The average Bonchev–Trinajstić information content (AvgIpc) is 3.33. The zero-order valence-electron chi connectivity index (χ0n) is 26.4. The largest absolute Gasteiger partial charge is 0.493 e. The fourth-order valence-corrected chi connectivity index (χ4v) is 4.94. The predicted octanol–water partition coefficient (Wildman–Crippen LogP) is 5.90. The molecule has 0 aromatic heterocycles. The molecule has 0 bridgehead atoms. The molecule has 0 saturated heterocycles. The van der Waals surface area contributed by atoms with Crippen LogP contribution in [0.5, 0.6) is 40.2 Å². The van der Waals surface area contributed by atoms with Gasteiger partial charge in [-0.25, -0.2) is 0 Å². The normalized spacial score (nSPS) is 12.5. The molecule has 0 aliphatic carbocycles. The number of hydrogen-bond acceptors (Lipinski definition) is 9. The maximum Gasteiger partial charge on any atom is 0.262 e. The summed E-state index contributed by atoms with van der Waals surface area (Å²) in [5.41, 5.74) is 1.89. The van der Waals surface area contributed by atoms with Crippen molar-refractivity contribution in [1.82, 2.24) is 4.90 Å². The average molecular weight is 628 g/mol. The van der Waals surface area contributed by atoms with E-state index in [9.17, 15) is 9.59 Å². The minimum absolute atomic E-state index is 0.0954. The van der Waals surface area contributed by atoms with Crippen molar-refractivity contribution in [3.05, 3.63) is 103 Å². The smallest absolute Gasteiger partial charge is 0.262 e. The highest BCUT2D eigenvalue weighted by Crippen LogP contribution is 2.43. The first kappa shape index (κ1) is 33.3. The number of carbonyl (C=O) groups is 2. The van der Waals surface area contributed by atoms with Crippen LogP contribution in [0.2, 0.25) is 0 Å². The van der Waals surface area contributed by atoms with E-state index in [-0.39, 0.29) is 37.5 Å². The van der Waals surface area contributed by atoms with Gasteiger partial charge in [0.25, 0.3) is 11.8 Å². The van der Waals surface area contributed by atoms with Gasteiger partial charge in [0.05, 0.1) is 46.1 Å². The van der Waals surface area contributed by atoms with Crippen LogP contribution in [0.15, 0.2) is 86.5 Å². The maximum absolute atomic E-state index is 14.3. The summed E-state index contributed by atoms with van der Waals surface area (Å²) in [5, 5.41) is 0. The number of carbonyl (C=O) groups excluding carboxylic acids is 2. The Hall–Kier alpha value is -5.64. The van der Waals surface area contributed by atoms with Crippen molar-refractivity contribution in [2.45, 2.75) is 6.54 Å². The van der Waals surface area contributed by atoms with Gasteiger partial charge in [-0.05, 0) is 53.1 Å². The van der Waals surface area contributed by atoms with Crippen LogP contribution < -0.4 is 33.2 Å². The second-order valence-electron chi connectivity index (χ2n) is 9.81. The van der Waals surface area contributed by atoms with Gasteiger partial charge in [-0.1, -0.05) is 50.1 Å². The summed E-state index contributed by atoms with van der Waals surface area (Å²) in [5.74, 6) is 1.81. The van der Waals surface area contributed by atoms with Gasteiger partial charge in [-0.15, -0.1) is 0 Å². The van der Waals surface area contributed by atoms with E-state index in [0.717, 1.165) is 0 Å². The molecule has 0 atom stereocenters. The van der Waals surface area contributed by atoms with Crippen LogP contribution in [-0.4, -0.2) is 65.0 Å². The lowest BCUT2D eigenvalue weighted by atomic mass is 9.95. The number of methoxy groups -OCH3 is 4. The Bertz CT molecular complexity index is 1560. The third-order valence-corrected chi connectivity index (χ3v) is 6.99. The van der Waals surface area contributed by atoms with Crippen molar-refractivity contribution in [2.75, 3.05) is 48.3 Å². The summed E-state index contributed by atoms with van der Waals surface area (Å²) in [7, 11) is 6.04. The fraction of sp³-hybridized carbons (Fsp3) is 0.222. The molecule has 1 aliphatic heterocycles. The number of ether oxygens (including phenoxy) is 7. The van der Waals surface area contributed by atoms with Gasteiger partial charge in [0, 0.05) is 0 Å². The summed E-state index contributed by atoms with van der Waals surface area (Å²) in [4.78, 5) is 29.7. The second kappa shape index (κ2) is 15.4. The van der Waals surface area contributed by atoms with Gasteiger partial charge in [0.2, 0.25) is 5.75 Å². The molecular formula is C36H37NO9. The Morgan fingerprint density at radius 2 is 0.978 bits per heavy atom. The molecule has 0 unspecified atom stereocenters. The summed E-state index contributed by atoms with van der Waals surface area (Å²) < 4.78 is 39.5. The molecule has 3 aromatic rings. The number of imide groups is 1. The lowest BCUT2D eigenvalue weighted by molar-refractivity contribution is -0.136. The number of amides is 2. The van der Waals surface area contributed by atoms with Crippen molar-refractivity contribution in [2.24, 2.45) is 0 Å². The van der Waals surface area contributed by atoms with Crippen molar-refractivity contribution < 1.29 is 42.7 Å². The summed E-state index contributed by atoms with van der Waals surface area (Å²) in [6.45, 7) is 11.6. The minimum atomic E-state index is -0.504. The molecule has 0 spiro atoms. The molecule has 0 fully saturated rings. The van der Waals surface area contributed by atoms with Gasteiger partial charge in [0.1, 0.15) is 19.8 Å². The molecule has 46 heavy (non-hydrogen) atoms. The van der Waals surface area contributed by atoms with Crippen LogP contribution in [0.25, 0.3) is 11.1 Å². The number of rotatable bonds is 17. The molecule has 10 nitrogen and oxygen atoms in total. The van der Waals surface area contributed by atoms with Crippen LogP contribution in [0.4, 0.5) is 0 Å². The molecule has 240 valence electrons. The van der Waals surface area contributed by atoms with Crippen LogP contribution in [0, 0.1) is 0 Å². The van der Waals surface area contributed by atoms with E-state index in [1.54, 1.807) is 66.8 Å². The van der Waals surface area contributed by atoms with E-state index in [2.05, 4.69) is 19.7 Å². The first-order chi connectivity index (χ1) is 22.3. The molecule has 0 radical (unpaired) electrons. The van der Waals surface area contributed by atoms with Crippen LogP contribution in [-0.2, 0) is 16.1 Å². The first-order valence-electron chi connectivity index (χ1n) is 14.3. The van der Waals surface area contributed by atoms with Crippen molar-refractivity contribution in [1.29, 1.82) is 0 Å². The van der Waals surface area contributed by atoms with Crippen molar-refractivity contribution in [3.63, 3.8) is 0 Å². The van der Waals surface area contributed by atoms with Gasteiger partial charge in [0.15, 0.2) is 34.5 Å². The van der Waals surface area contributed by atoms with Gasteiger partial charge >= 0.3 is 0 Å². The van der Waals surface area contributed by atoms with Gasteiger partial charge in [-0.3, -0.25) is 14.5 Å². The summed E-state index contributed by atoms with van der Waals surface area (Å²) in [6.07, 6.45) is 4.79. The number of benzene rings is 3. The standard InChI is InChI=1S/C36H37NO9/c1-8-15-44-30-18-23(19-31(45-16-9-2)34(30)46-17-10-3)22-37-35(38)32(24-11-13-26(40-4)28(20-24)42-6)33(36(37)39)25-12-14-27(41-5)29(21-25)43-7/h8-14,18-21H,1-3,15-17,22H2,4-7H3. The zero-order valence-corrected chi connectivity index (χ0v) is 26.4. The Balaban J connectivity index is 1.85. The number of hydrogen-bond donors (Lipinski definition) is 0. The lowest BCUT2D eigenvalue weighted by Gasteiger charge is -2.20. The van der Waals surface area contributed by atoms with Crippen molar-refractivity contribution in [3.8, 4) is 40.2 Å². The molecule has 3 aromatic carbocycles. The monoisotopic (exact) mass is 627 g/mol. The highest BCUT2D eigenvalue weighted by atomic mass is 16.5. The quantitative estimate of drug-likeness (QED) is 0.134. The molecule has 10 heteroatoms. The molecule has 2 amide bonds. The van der Waals surface area contributed by atoms with E-state index >= 15 is 0 Å². The maximum atomic E-state index is 14.3. The summed E-state index contributed by atoms with van der Waals surface area (Å²) in [6, 6.07) is 13.5. The van der Waals surface area contributed by atoms with Crippen LogP contribution in [0.1, 0.15) is 16.7 Å². The molecular weight excluding hydrogens is 590 g/mol. The Kier molecular flexibility index (Phi) is 11.1. The van der Waals surface area contributed by atoms with E-state index in [1.807, 2.05) is 0 Å². The second-order valence-corrected chi connectivity index (χ2v) is 9.81. The SMILES string of the molecule is C=CCOc1cc(CN2C(=O)C(c3ccc(OC)c(OC)c3)=C(c3ccc(OC)c(OC)c3)C2=O)cc(OCC=C)c1OCC=C. The van der Waals surface area contributed by atoms with Crippen molar-refractivity contribution >= 4 is 23.0 Å². The third-order valence-electron chi connectivity index (χ3n) is 6.99. The first-order valence-corrected chi connectivity index (χ1v) is 14.3. The Morgan fingerprint density at radius 1 is 0.565 bits per heavy atom. The topological polar surface area (TPSA) is 102 Å². The zero-order chi connectivity index (χ0) is 33.2. The molecule has 1 heterocycles. The van der Waals surface area contributed by atoms with E-state index in [1.165, 1.54) is 33.3 Å². The third kappa shape index (κ3) is 6.86. The minimum Gasteiger partial charge on any atom is -0.493 e. The fourth-order valence-electron chi connectivity index (χ4n) is 4.94. The van der Waals surface area contributed by atoms with Gasteiger partial charge < -0.3 is 33.2 Å². The number of nitrogens with zero attached hydrogens (tertiary/aromatic N) is 1. The predicted molar refractivity (Wildman–Crippen MR) is 175 cm³/mol. The van der Waals surface area contributed by atoms with E-state index in [4.69, 9.17) is 33.2 Å². The molecule has 1 aliphatic rings. The van der Waals surface area contributed by atoms with E-state index in [0.29, 0.717) is 56.9 Å². The van der Waals surface area contributed by atoms with E-state index < -0.39 is 11.8 Å². The van der Waals surface area contributed by atoms with Gasteiger partial charge in [-0.2, -0.15) is 0 Å². The van der Waals surface area contributed by atoms with Crippen LogP contribution in [0.3, 0.4) is 0 Å². The highest BCUT2D eigenvalue weighted by molar-refractivity contribution is 6.49. The molecule has 0 saturated carbocycles.